The number of benzene rings is 2. The van der Waals surface area contributed by atoms with Crippen molar-refractivity contribution in [3.63, 3.8) is 0 Å². The molecule has 0 N–H and O–H groups in total. The summed E-state index contributed by atoms with van der Waals surface area (Å²) in [6.45, 7) is 0. The summed E-state index contributed by atoms with van der Waals surface area (Å²) in [5.74, 6) is 0. The standard InChI is InChI=1S/C30H18N6S2/c1-4-11-22-17(8-1)18-16-19-26-23(12-7-15-31-26)36(30-33-21-10-3-6-14-25(21)38-30)28(19)34-27(18)35(22)29-32-20-9-2-5-13-24(20)37-29/h1-5,7-13,15-16H,6,14H2. The molecule has 0 aliphatic heterocycles. The molecular weight excluding hydrogens is 509 g/mol. The lowest BCUT2D eigenvalue weighted by Crippen LogP contribution is -1.98. The Morgan fingerprint density at radius 2 is 1.53 bits per heavy atom. The molecule has 0 saturated carbocycles. The summed E-state index contributed by atoms with van der Waals surface area (Å²) in [7, 11) is 0. The van der Waals surface area contributed by atoms with Gasteiger partial charge in [0.25, 0.3) is 0 Å². The lowest BCUT2D eigenvalue weighted by atomic mass is 10.1. The third-order valence-electron chi connectivity index (χ3n) is 7.32. The van der Waals surface area contributed by atoms with Crippen LogP contribution in [0.15, 0.2) is 79.0 Å². The van der Waals surface area contributed by atoms with E-state index in [4.69, 9.17) is 19.9 Å². The molecule has 9 rings (SSSR count). The van der Waals surface area contributed by atoms with Gasteiger partial charge in [-0.05, 0) is 55.3 Å². The summed E-state index contributed by atoms with van der Waals surface area (Å²) < 4.78 is 5.56. The van der Waals surface area contributed by atoms with Crippen LogP contribution in [0.1, 0.15) is 17.0 Å². The Kier molecular flexibility index (Phi) is 4.11. The number of hydrogen-bond acceptors (Lipinski definition) is 6. The van der Waals surface area contributed by atoms with Crippen molar-refractivity contribution in [1.29, 1.82) is 0 Å². The summed E-state index contributed by atoms with van der Waals surface area (Å²) in [5.41, 5.74) is 6.89. The minimum absolute atomic E-state index is 0.867. The number of fused-ring (bicyclic) bond motifs is 8. The number of aryl methyl sites for hydroxylation is 1. The maximum Gasteiger partial charge on any atom is 0.196 e. The summed E-state index contributed by atoms with van der Waals surface area (Å²) in [6.07, 6.45) is 8.29. The highest BCUT2D eigenvalue weighted by Gasteiger charge is 2.23. The molecule has 6 aromatic heterocycles. The Labute approximate surface area is 224 Å². The van der Waals surface area contributed by atoms with Gasteiger partial charge in [0.15, 0.2) is 15.9 Å². The minimum Gasteiger partial charge on any atom is -0.269 e. The number of hydrogen-bond donors (Lipinski definition) is 0. The second-order valence-electron chi connectivity index (χ2n) is 9.50. The average molecular weight is 527 g/mol. The maximum absolute atomic E-state index is 5.38. The van der Waals surface area contributed by atoms with Crippen LogP contribution in [0, 0.1) is 0 Å². The fourth-order valence-electron chi connectivity index (χ4n) is 5.62. The molecule has 8 heteroatoms. The molecule has 38 heavy (non-hydrogen) atoms. The van der Waals surface area contributed by atoms with Crippen molar-refractivity contribution < 1.29 is 0 Å². The first kappa shape index (κ1) is 20.6. The molecule has 0 unspecified atom stereocenters. The molecule has 8 aromatic rings. The molecule has 0 amide bonds. The van der Waals surface area contributed by atoms with E-state index in [1.807, 2.05) is 18.3 Å². The first-order valence-corrected chi connectivity index (χ1v) is 14.2. The first-order valence-electron chi connectivity index (χ1n) is 12.6. The zero-order valence-electron chi connectivity index (χ0n) is 20.0. The number of nitrogens with zero attached hydrogens (tertiary/aromatic N) is 6. The van der Waals surface area contributed by atoms with E-state index in [-0.39, 0.29) is 0 Å². The van der Waals surface area contributed by atoms with E-state index in [0.717, 1.165) is 83.0 Å². The third kappa shape index (κ3) is 2.76. The predicted octanol–water partition coefficient (Wildman–Crippen LogP) is 7.70. The zero-order valence-corrected chi connectivity index (χ0v) is 21.6. The second kappa shape index (κ2) is 7.56. The van der Waals surface area contributed by atoms with E-state index < -0.39 is 0 Å². The molecule has 0 atom stereocenters. The van der Waals surface area contributed by atoms with Crippen LogP contribution in [0.3, 0.4) is 0 Å². The number of para-hydroxylation sites is 2. The smallest absolute Gasteiger partial charge is 0.196 e. The van der Waals surface area contributed by atoms with Gasteiger partial charge in [-0.2, -0.15) is 0 Å². The molecule has 6 heterocycles. The van der Waals surface area contributed by atoms with Gasteiger partial charge in [0, 0.05) is 27.2 Å². The largest absolute Gasteiger partial charge is 0.269 e. The third-order valence-corrected chi connectivity index (χ3v) is 9.46. The predicted molar refractivity (Wildman–Crippen MR) is 157 cm³/mol. The van der Waals surface area contributed by atoms with Crippen molar-refractivity contribution in [2.45, 2.75) is 12.8 Å². The molecular formula is C30H18N6S2. The van der Waals surface area contributed by atoms with Crippen molar-refractivity contribution >= 4 is 83.0 Å². The number of thiazole rings is 2. The number of rotatable bonds is 2. The van der Waals surface area contributed by atoms with Crippen LogP contribution in [0.5, 0.6) is 0 Å². The van der Waals surface area contributed by atoms with Gasteiger partial charge in [-0.25, -0.2) is 15.0 Å². The Morgan fingerprint density at radius 1 is 0.711 bits per heavy atom. The van der Waals surface area contributed by atoms with Gasteiger partial charge in [-0.15, -0.1) is 11.3 Å². The van der Waals surface area contributed by atoms with Gasteiger partial charge in [-0.1, -0.05) is 47.7 Å². The van der Waals surface area contributed by atoms with Gasteiger partial charge in [-0.3, -0.25) is 14.1 Å². The molecule has 1 aliphatic carbocycles. The fraction of sp³-hybridized carbons (Fsp3) is 0.0667. The van der Waals surface area contributed by atoms with Crippen molar-refractivity contribution in [2.75, 3.05) is 0 Å². The number of aromatic nitrogens is 6. The molecule has 0 saturated heterocycles. The molecule has 0 radical (unpaired) electrons. The van der Waals surface area contributed by atoms with Gasteiger partial charge in [0.1, 0.15) is 5.65 Å². The SMILES string of the molecule is C1=Cc2nc(-n3c4cccnc4c4cc5c6ccccc6n(-c6nc7ccccc7s6)c5nc43)sc2CC1. The van der Waals surface area contributed by atoms with Gasteiger partial charge < -0.3 is 0 Å². The summed E-state index contributed by atoms with van der Waals surface area (Å²) in [4.78, 5) is 21.6. The Balaban J connectivity index is 1.43. The highest BCUT2D eigenvalue weighted by atomic mass is 32.1. The fourth-order valence-corrected chi connectivity index (χ4v) is 7.69. The van der Waals surface area contributed by atoms with Crippen LogP contribution >= 0.6 is 22.7 Å². The van der Waals surface area contributed by atoms with Gasteiger partial charge in [0.2, 0.25) is 0 Å². The van der Waals surface area contributed by atoms with E-state index in [0.29, 0.717) is 0 Å². The maximum atomic E-state index is 5.38. The minimum atomic E-state index is 0.867. The van der Waals surface area contributed by atoms with Crippen LogP contribution in [0.4, 0.5) is 0 Å². The van der Waals surface area contributed by atoms with Gasteiger partial charge in [0.05, 0.1) is 32.5 Å². The van der Waals surface area contributed by atoms with E-state index >= 15 is 0 Å². The molecule has 6 nitrogen and oxygen atoms in total. The van der Waals surface area contributed by atoms with E-state index in [2.05, 4.69) is 75.9 Å². The summed E-state index contributed by atoms with van der Waals surface area (Å²) >= 11 is 3.44. The molecule has 0 spiro atoms. The molecule has 180 valence electrons. The highest BCUT2D eigenvalue weighted by Crippen LogP contribution is 2.39. The molecule has 2 aromatic carbocycles. The molecule has 0 fully saturated rings. The Bertz CT molecular complexity index is 2230. The van der Waals surface area contributed by atoms with Gasteiger partial charge >= 0.3 is 0 Å². The van der Waals surface area contributed by atoms with Crippen molar-refractivity contribution in [3.05, 3.63) is 89.6 Å². The number of pyridine rings is 2. The van der Waals surface area contributed by atoms with E-state index in [1.54, 1.807) is 22.7 Å². The first-order chi connectivity index (χ1) is 18.8. The normalized spacial score (nSPS) is 13.5. The lowest BCUT2D eigenvalue weighted by molar-refractivity contribution is 0.996. The van der Waals surface area contributed by atoms with Crippen LogP contribution in [-0.2, 0) is 6.42 Å². The monoisotopic (exact) mass is 526 g/mol. The van der Waals surface area contributed by atoms with Crippen LogP contribution in [0.2, 0.25) is 0 Å². The van der Waals surface area contributed by atoms with Crippen LogP contribution in [-0.4, -0.2) is 29.1 Å². The molecule has 1 aliphatic rings. The average Bonchev–Trinajstić information content (AvgIpc) is 3.71. The number of allylic oxidation sites excluding steroid dienone is 1. The molecule has 0 bridgehead atoms. The van der Waals surface area contributed by atoms with Crippen molar-refractivity contribution in [2.24, 2.45) is 0 Å². The van der Waals surface area contributed by atoms with E-state index in [1.165, 1.54) is 4.88 Å². The zero-order chi connectivity index (χ0) is 24.8. The quantitative estimate of drug-likeness (QED) is 0.232. The van der Waals surface area contributed by atoms with Crippen molar-refractivity contribution in [1.82, 2.24) is 29.1 Å². The van der Waals surface area contributed by atoms with Crippen LogP contribution < -0.4 is 0 Å². The van der Waals surface area contributed by atoms with Crippen LogP contribution in [0.25, 0.3) is 70.6 Å². The van der Waals surface area contributed by atoms with E-state index in [9.17, 15) is 0 Å². The van der Waals surface area contributed by atoms with Crippen molar-refractivity contribution in [3.8, 4) is 10.3 Å². The lowest BCUT2D eigenvalue weighted by Gasteiger charge is -2.04. The Hall–Kier alpha value is -4.40. The Morgan fingerprint density at radius 3 is 2.47 bits per heavy atom. The summed E-state index contributed by atoms with van der Waals surface area (Å²) in [5, 5.41) is 5.13. The second-order valence-corrected chi connectivity index (χ2v) is 11.6. The highest BCUT2D eigenvalue weighted by molar-refractivity contribution is 7.20. The topological polar surface area (TPSA) is 61.4 Å². The summed E-state index contributed by atoms with van der Waals surface area (Å²) in [6, 6.07) is 23.1.